The molecule has 4 N–H and O–H groups in total. The number of carbonyl (C=O) groups excluding carboxylic acids is 1. The third-order valence-electron chi connectivity index (χ3n) is 0.972. The highest BCUT2D eigenvalue weighted by atomic mass is 35.5. The molecule has 0 spiro atoms. The standard InChI is InChI=1S/C5H6ClN5O/c6-3-1-8-2-9-4(3)10-11-5(7)12/h1-2H,(H3,7,11,12)(H,8,9,10). The Labute approximate surface area is 73.1 Å². The summed E-state index contributed by atoms with van der Waals surface area (Å²) in [6.45, 7) is 0. The highest BCUT2D eigenvalue weighted by Crippen LogP contribution is 2.14. The van der Waals surface area contributed by atoms with Gasteiger partial charge in [0.05, 0.1) is 6.20 Å². The molecule has 64 valence electrons. The first-order valence-corrected chi connectivity index (χ1v) is 3.35. The number of aromatic nitrogens is 2. The van der Waals surface area contributed by atoms with Crippen molar-refractivity contribution in [2.75, 3.05) is 5.43 Å². The molecule has 0 saturated heterocycles. The summed E-state index contributed by atoms with van der Waals surface area (Å²) in [5, 5.41) is 0.297. The number of amides is 2. The molecule has 0 atom stereocenters. The summed E-state index contributed by atoms with van der Waals surface area (Å²) in [5.74, 6) is 0.297. The van der Waals surface area contributed by atoms with Gasteiger partial charge < -0.3 is 5.73 Å². The van der Waals surface area contributed by atoms with E-state index < -0.39 is 6.03 Å². The van der Waals surface area contributed by atoms with E-state index in [9.17, 15) is 4.79 Å². The van der Waals surface area contributed by atoms with E-state index in [2.05, 4.69) is 20.8 Å². The number of primary amides is 1. The molecule has 1 rings (SSSR count). The fourth-order valence-electron chi connectivity index (χ4n) is 0.525. The molecule has 12 heavy (non-hydrogen) atoms. The Morgan fingerprint density at radius 2 is 2.42 bits per heavy atom. The number of hydrogen-bond acceptors (Lipinski definition) is 4. The van der Waals surface area contributed by atoms with Gasteiger partial charge >= 0.3 is 6.03 Å². The highest BCUT2D eigenvalue weighted by molar-refractivity contribution is 6.32. The van der Waals surface area contributed by atoms with Gasteiger partial charge in [-0.2, -0.15) is 0 Å². The Balaban J connectivity index is 2.63. The molecule has 6 nitrogen and oxygen atoms in total. The second-order valence-electron chi connectivity index (χ2n) is 1.83. The van der Waals surface area contributed by atoms with Gasteiger partial charge in [-0.25, -0.2) is 14.8 Å². The van der Waals surface area contributed by atoms with Crippen molar-refractivity contribution in [3.05, 3.63) is 17.5 Å². The summed E-state index contributed by atoms with van der Waals surface area (Å²) in [4.78, 5) is 17.6. The molecule has 2 amide bonds. The molecule has 0 radical (unpaired) electrons. The summed E-state index contributed by atoms with van der Waals surface area (Å²) in [6.07, 6.45) is 2.68. The van der Waals surface area contributed by atoms with Crippen LogP contribution in [0.4, 0.5) is 10.6 Å². The lowest BCUT2D eigenvalue weighted by Crippen LogP contribution is -2.34. The molecule has 0 fully saturated rings. The van der Waals surface area contributed by atoms with E-state index in [1.54, 1.807) is 0 Å². The molecule has 7 heteroatoms. The highest BCUT2D eigenvalue weighted by Gasteiger charge is 1.99. The first kappa shape index (κ1) is 8.54. The quantitative estimate of drug-likeness (QED) is 0.574. The predicted octanol–water partition coefficient (Wildman–Crippen LogP) is 0.125. The van der Waals surface area contributed by atoms with Crippen LogP contribution in [-0.4, -0.2) is 16.0 Å². The minimum Gasteiger partial charge on any atom is -0.350 e. The summed E-state index contributed by atoms with van der Waals surface area (Å²) in [6, 6.07) is -0.718. The molecule has 0 unspecified atom stereocenters. The fraction of sp³-hybridized carbons (Fsp3) is 0. The number of carbonyl (C=O) groups is 1. The molecule has 0 aromatic carbocycles. The van der Waals surface area contributed by atoms with E-state index >= 15 is 0 Å². The van der Waals surface area contributed by atoms with Gasteiger partial charge in [0.1, 0.15) is 11.3 Å². The van der Waals surface area contributed by atoms with Crippen molar-refractivity contribution in [2.45, 2.75) is 0 Å². The molecular formula is C5H6ClN5O. The van der Waals surface area contributed by atoms with Crippen LogP contribution >= 0.6 is 11.6 Å². The third kappa shape index (κ3) is 2.24. The third-order valence-corrected chi connectivity index (χ3v) is 1.25. The number of halogens is 1. The number of anilines is 1. The second-order valence-corrected chi connectivity index (χ2v) is 2.24. The number of nitrogens with zero attached hydrogens (tertiary/aromatic N) is 2. The van der Waals surface area contributed by atoms with Gasteiger partial charge in [0, 0.05) is 0 Å². The lowest BCUT2D eigenvalue weighted by atomic mass is 10.6. The maximum atomic E-state index is 10.2. The second kappa shape index (κ2) is 3.72. The summed E-state index contributed by atoms with van der Waals surface area (Å²) < 4.78 is 0. The molecular weight excluding hydrogens is 182 g/mol. The van der Waals surface area contributed by atoms with Gasteiger partial charge in [-0.1, -0.05) is 11.6 Å². The first-order chi connectivity index (χ1) is 5.70. The van der Waals surface area contributed by atoms with Crippen LogP contribution < -0.4 is 16.6 Å². The average Bonchev–Trinajstić information content (AvgIpc) is 2.03. The van der Waals surface area contributed by atoms with Crippen LogP contribution in [0.2, 0.25) is 5.02 Å². The Kier molecular flexibility index (Phi) is 2.65. The Bertz CT molecular complexity index is 291. The van der Waals surface area contributed by atoms with Gasteiger partial charge in [0.25, 0.3) is 0 Å². The van der Waals surface area contributed by atoms with E-state index in [4.69, 9.17) is 17.3 Å². The maximum Gasteiger partial charge on any atom is 0.330 e. The minimum absolute atomic E-state index is 0.297. The zero-order chi connectivity index (χ0) is 8.97. The number of hydrazine groups is 1. The van der Waals surface area contributed by atoms with E-state index in [1.807, 2.05) is 0 Å². The van der Waals surface area contributed by atoms with E-state index in [0.717, 1.165) is 0 Å². The fourth-order valence-corrected chi connectivity index (χ4v) is 0.678. The van der Waals surface area contributed by atoms with Gasteiger partial charge in [-0.05, 0) is 0 Å². The molecule has 0 aliphatic carbocycles. The molecule has 0 bridgehead atoms. The zero-order valence-corrected chi connectivity index (χ0v) is 6.67. The van der Waals surface area contributed by atoms with Gasteiger partial charge in [-0.15, -0.1) is 0 Å². The minimum atomic E-state index is -0.718. The van der Waals surface area contributed by atoms with E-state index in [1.165, 1.54) is 12.5 Å². The predicted molar refractivity (Wildman–Crippen MR) is 43.4 cm³/mol. The van der Waals surface area contributed by atoms with Crippen molar-refractivity contribution in [3.8, 4) is 0 Å². The van der Waals surface area contributed by atoms with Crippen molar-refractivity contribution in [3.63, 3.8) is 0 Å². The Hall–Kier alpha value is -1.56. The van der Waals surface area contributed by atoms with Gasteiger partial charge in [0.15, 0.2) is 5.82 Å². The number of urea groups is 1. The van der Waals surface area contributed by atoms with Crippen molar-refractivity contribution in [2.24, 2.45) is 5.73 Å². The number of hydrogen-bond donors (Lipinski definition) is 3. The van der Waals surface area contributed by atoms with Gasteiger partial charge in [0.2, 0.25) is 0 Å². The van der Waals surface area contributed by atoms with Crippen LogP contribution in [0.1, 0.15) is 0 Å². The Morgan fingerprint density at radius 1 is 1.67 bits per heavy atom. The van der Waals surface area contributed by atoms with Crippen molar-refractivity contribution < 1.29 is 4.79 Å². The molecule has 1 heterocycles. The number of rotatable bonds is 2. The molecule has 0 aliphatic rings. The van der Waals surface area contributed by atoms with Gasteiger partial charge in [-0.3, -0.25) is 10.9 Å². The zero-order valence-electron chi connectivity index (χ0n) is 5.91. The average molecular weight is 188 g/mol. The summed E-state index contributed by atoms with van der Waals surface area (Å²) in [7, 11) is 0. The van der Waals surface area contributed by atoms with Crippen LogP contribution in [0.3, 0.4) is 0 Å². The maximum absolute atomic E-state index is 10.2. The van der Waals surface area contributed by atoms with Crippen molar-refractivity contribution in [1.82, 2.24) is 15.4 Å². The molecule has 1 aromatic heterocycles. The SMILES string of the molecule is NC(=O)NNc1ncncc1Cl. The lowest BCUT2D eigenvalue weighted by molar-refractivity contribution is 0.250. The van der Waals surface area contributed by atoms with E-state index in [-0.39, 0.29) is 0 Å². The molecule has 0 aliphatic heterocycles. The van der Waals surface area contributed by atoms with Crippen molar-refractivity contribution >= 4 is 23.4 Å². The van der Waals surface area contributed by atoms with Crippen molar-refractivity contribution in [1.29, 1.82) is 0 Å². The van der Waals surface area contributed by atoms with E-state index in [0.29, 0.717) is 10.8 Å². The lowest BCUT2D eigenvalue weighted by Gasteiger charge is -2.04. The first-order valence-electron chi connectivity index (χ1n) is 2.97. The van der Waals surface area contributed by atoms with Crippen LogP contribution in [-0.2, 0) is 0 Å². The van der Waals surface area contributed by atoms with Crippen LogP contribution in [0.5, 0.6) is 0 Å². The largest absolute Gasteiger partial charge is 0.350 e. The van der Waals surface area contributed by atoms with Crippen LogP contribution in [0.25, 0.3) is 0 Å². The summed E-state index contributed by atoms with van der Waals surface area (Å²) >= 11 is 5.63. The smallest absolute Gasteiger partial charge is 0.330 e. The topological polar surface area (TPSA) is 92.9 Å². The number of nitrogens with one attached hydrogen (secondary N) is 2. The Morgan fingerprint density at radius 3 is 3.00 bits per heavy atom. The number of nitrogens with two attached hydrogens (primary N) is 1. The normalized spacial score (nSPS) is 9.08. The van der Waals surface area contributed by atoms with Crippen LogP contribution in [0.15, 0.2) is 12.5 Å². The van der Waals surface area contributed by atoms with Crippen LogP contribution in [0, 0.1) is 0 Å². The molecule has 0 saturated carbocycles. The summed E-state index contributed by atoms with van der Waals surface area (Å²) in [5.41, 5.74) is 9.31. The molecule has 1 aromatic rings. The monoisotopic (exact) mass is 187 g/mol.